The van der Waals surface area contributed by atoms with Crippen molar-refractivity contribution in [2.75, 3.05) is 0 Å². The summed E-state index contributed by atoms with van der Waals surface area (Å²) >= 11 is 4.84. The van der Waals surface area contributed by atoms with E-state index in [9.17, 15) is 4.79 Å². The van der Waals surface area contributed by atoms with Gasteiger partial charge in [0.2, 0.25) is 4.77 Å². The first-order valence-corrected chi connectivity index (χ1v) is 5.33. The van der Waals surface area contributed by atoms with Gasteiger partial charge in [0.1, 0.15) is 11.1 Å². The Morgan fingerprint density at radius 2 is 2.06 bits per heavy atom. The minimum atomic E-state index is -0.443. The van der Waals surface area contributed by atoms with Crippen molar-refractivity contribution in [3.05, 3.63) is 45.5 Å². The van der Waals surface area contributed by atoms with Gasteiger partial charge in [0.15, 0.2) is 5.82 Å². The van der Waals surface area contributed by atoms with Crippen molar-refractivity contribution in [3.63, 3.8) is 0 Å². The van der Waals surface area contributed by atoms with Gasteiger partial charge in [0, 0.05) is 5.39 Å². The average Bonchev–Trinajstić information content (AvgIpc) is 2.75. The summed E-state index contributed by atoms with van der Waals surface area (Å²) in [5, 5.41) is 6.20. The maximum absolute atomic E-state index is 11.8. The number of nitrogens with zero attached hydrogens (tertiary/aromatic N) is 1. The molecule has 0 aliphatic heterocycles. The number of aromatic amines is 2. The minimum Gasteiger partial charge on any atom is -0.422 e. The normalized spacial score (nSPS) is 10.8. The molecule has 2 aromatic heterocycles. The molecule has 3 aromatic rings. The molecule has 1 aromatic carbocycles. The van der Waals surface area contributed by atoms with Crippen molar-refractivity contribution < 1.29 is 4.42 Å². The first-order chi connectivity index (χ1) is 8.24. The zero-order valence-corrected chi connectivity index (χ0v) is 9.38. The number of fused-ring (bicyclic) bond motifs is 1. The van der Waals surface area contributed by atoms with E-state index in [4.69, 9.17) is 16.6 Å². The highest BCUT2D eigenvalue weighted by Gasteiger charge is 2.09. The second kappa shape index (κ2) is 3.67. The third kappa shape index (κ3) is 1.68. The maximum atomic E-state index is 11.8. The summed E-state index contributed by atoms with van der Waals surface area (Å²) in [6.07, 6.45) is 0. The number of para-hydroxylation sites is 1. The summed E-state index contributed by atoms with van der Waals surface area (Å²) in [7, 11) is 0. The van der Waals surface area contributed by atoms with Crippen molar-refractivity contribution in [2.45, 2.75) is 0 Å². The average molecular weight is 245 g/mol. The van der Waals surface area contributed by atoms with E-state index in [2.05, 4.69) is 15.2 Å². The lowest BCUT2D eigenvalue weighted by atomic mass is 10.2. The van der Waals surface area contributed by atoms with Crippen LogP contribution in [0.1, 0.15) is 0 Å². The largest absolute Gasteiger partial charge is 0.422 e. The fraction of sp³-hybridized carbons (Fsp3) is 0. The molecule has 6 heteroatoms. The quantitative estimate of drug-likeness (QED) is 0.509. The molecule has 0 fully saturated rings. The third-order valence-corrected chi connectivity index (χ3v) is 2.59. The van der Waals surface area contributed by atoms with Crippen LogP contribution in [0.25, 0.3) is 22.4 Å². The fourth-order valence-corrected chi connectivity index (χ4v) is 1.77. The fourth-order valence-electron chi connectivity index (χ4n) is 1.62. The zero-order valence-electron chi connectivity index (χ0n) is 8.56. The van der Waals surface area contributed by atoms with E-state index in [-0.39, 0.29) is 0 Å². The van der Waals surface area contributed by atoms with Gasteiger partial charge in [-0.3, -0.25) is 10.2 Å². The van der Waals surface area contributed by atoms with E-state index >= 15 is 0 Å². The molecule has 0 radical (unpaired) electrons. The van der Waals surface area contributed by atoms with E-state index in [0.717, 1.165) is 5.39 Å². The van der Waals surface area contributed by atoms with Gasteiger partial charge in [-0.2, -0.15) is 4.98 Å². The first kappa shape index (κ1) is 9.98. The molecular formula is C11H7N3O2S. The molecule has 0 aliphatic carbocycles. The lowest BCUT2D eigenvalue weighted by molar-refractivity contribution is 0.563. The molecule has 0 aliphatic rings. The lowest BCUT2D eigenvalue weighted by Crippen LogP contribution is -2.03. The molecule has 3 rings (SSSR count). The Bertz CT molecular complexity index is 800. The molecular weight excluding hydrogens is 238 g/mol. The summed E-state index contributed by atoms with van der Waals surface area (Å²) in [6, 6.07) is 9.02. The monoisotopic (exact) mass is 245 g/mol. The Hall–Kier alpha value is -2.21. The van der Waals surface area contributed by atoms with Crippen molar-refractivity contribution in [1.82, 2.24) is 15.2 Å². The number of hydrogen-bond acceptors (Lipinski definition) is 4. The highest BCUT2D eigenvalue weighted by Crippen LogP contribution is 2.17. The van der Waals surface area contributed by atoms with Gasteiger partial charge in [-0.05, 0) is 24.4 Å². The molecule has 0 atom stereocenters. The highest BCUT2D eigenvalue weighted by atomic mass is 32.1. The Balaban J connectivity index is 2.33. The molecule has 2 N–H and O–H groups in total. The number of hydrogen-bond donors (Lipinski definition) is 2. The van der Waals surface area contributed by atoms with Crippen LogP contribution in [0.15, 0.2) is 39.5 Å². The van der Waals surface area contributed by atoms with Crippen LogP contribution in [0.4, 0.5) is 0 Å². The maximum Gasteiger partial charge on any atom is 0.347 e. The summed E-state index contributed by atoms with van der Waals surface area (Å²) in [4.78, 5) is 15.8. The molecule has 0 bridgehead atoms. The number of rotatable bonds is 1. The van der Waals surface area contributed by atoms with Crippen LogP contribution >= 0.6 is 12.2 Å². The summed E-state index contributed by atoms with van der Waals surface area (Å²) in [5.74, 6) is 0.384. The second-order valence-corrected chi connectivity index (χ2v) is 3.89. The SMILES string of the molecule is O=c1oc2ccccc2cc1-c1nc(=S)[nH][nH]1. The van der Waals surface area contributed by atoms with Crippen molar-refractivity contribution in [1.29, 1.82) is 0 Å². The topological polar surface area (TPSA) is 74.7 Å². The third-order valence-electron chi connectivity index (χ3n) is 2.40. The number of H-pyrrole nitrogens is 2. The van der Waals surface area contributed by atoms with Crippen LogP contribution in [-0.2, 0) is 0 Å². The van der Waals surface area contributed by atoms with Gasteiger partial charge in [0.05, 0.1) is 0 Å². The number of benzene rings is 1. The Kier molecular flexibility index (Phi) is 2.15. The van der Waals surface area contributed by atoms with Crippen LogP contribution in [0.2, 0.25) is 0 Å². The van der Waals surface area contributed by atoms with Crippen LogP contribution in [-0.4, -0.2) is 15.2 Å². The van der Waals surface area contributed by atoms with Gasteiger partial charge in [-0.1, -0.05) is 18.2 Å². The predicted octanol–water partition coefficient (Wildman–Crippen LogP) is 2.24. The van der Waals surface area contributed by atoms with E-state index in [1.165, 1.54) is 0 Å². The van der Waals surface area contributed by atoms with E-state index in [1.54, 1.807) is 12.1 Å². The van der Waals surface area contributed by atoms with Crippen LogP contribution in [0, 0.1) is 4.77 Å². The highest BCUT2D eigenvalue weighted by molar-refractivity contribution is 7.71. The molecule has 0 unspecified atom stereocenters. The minimum absolute atomic E-state index is 0.299. The first-order valence-electron chi connectivity index (χ1n) is 4.92. The van der Waals surface area contributed by atoms with E-state index in [1.807, 2.05) is 18.2 Å². The molecule has 0 saturated carbocycles. The Labute approximate surface area is 100 Å². The molecule has 0 saturated heterocycles. The Morgan fingerprint density at radius 3 is 2.82 bits per heavy atom. The van der Waals surface area contributed by atoms with Crippen LogP contribution in [0.5, 0.6) is 0 Å². The molecule has 0 spiro atoms. The Morgan fingerprint density at radius 1 is 1.24 bits per heavy atom. The molecule has 5 nitrogen and oxygen atoms in total. The standard InChI is InChI=1S/C11H7N3O2S/c15-10-7(9-12-11(17)14-13-9)5-6-3-1-2-4-8(6)16-10/h1-5H,(H2,12,13,14,17). The van der Waals surface area contributed by atoms with Gasteiger partial charge in [0.25, 0.3) is 0 Å². The van der Waals surface area contributed by atoms with Gasteiger partial charge in [-0.25, -0.2) is 4.79 Å². The molecule has 0 amide bonds. The van der Waals surface area contributed by atoms with Crippen LogP contribution < -0.4 is 5.63 Å². The molecule has 84 valence electrons. The van der Waals surface area contributed by atoms with Crippen molar-refractivity contribution in [3.8, 4) is 11.4 Å². The van der Waals surface area contributed by atoms with Gasteiger partial charge >= 0.3 is 5.63 Å². The van der Waals surface area contributed by atoms with E-state index in [0.29, 0.717) is 21.7 Å². The summed E-state index contributed by atoms with van der Waals surface area (Å²) in [6.45, 7) is 0. The number of nitrogens with one attached hydrogen (secondary N) is 2. The predicted molar refractivity (Wildman–Crippen MR) is 65.3 cm³/mol. The lowest BCUT2D eigenvalue weighted by Gasteiger charge is -1.98. The van der Waals surface area contributed by atoms with Crippen molar-refractivity contribution in [2.24, 2.45) is 0 Å². The molecule has 2 heterocycles. The number of aromatic nitrogens is 3. The summed E-state index contributed by atoms with van der Waals surface area (Å²) < 4.78 is 5.49. The van der Waals surface area contributed by atoms with Gasteiger partial charge in [-0.15, -0.1) is 0 Å². The molecule has 17 heavy (non-hydrogen) atoms. The summed E-state index contributed by atoms with van der Waals surface area (Å²) in [5.41, 5.74) is 0.466. The van der Waals surface area contributed by atoms with Gasteiger partial charge < -0.3 is 4.42 Å². The zero-order chi connectivity index (χ0) is 11.8. The van der Waals surface area contributed by atoms with Crippen LogP contribution in [0.3, 0.4) is 0 Å². The van der Waals surface area contributed by atoms with Crippen molar-refractivity contribution >= 4 is 23.2 Å². The smallest absolute Gasteiger partial charge is 0.347 e. The second-order valence-electron chi connectivity index (χ2n) is 3.50. The van der Waals surface area contributed by atoms with E-state index < -0.39 is 5.63 Å².